The maximum atomic E-state index is 13.9. The van der Waals surface area contributed by atoms with Gasteiger partial charge in [0, 0.05) is 32.0 Å². The van der Waals surface area contributed by atoms with E-state index in [1.54, 1.807) is 0 Å². The van der Waals surface area contributed by atoms with Gasteiger partial charge in [-0.05, 0) is 24.1 Å². The summed E-state index contributed by atoms with van der Waals surface area (Å²) in [6, 6.07) is 13.1. The molecule has 6 heteroatoms. The second-order valence-corrected chi connectivity index (χ2v) is 6.54. The Bertz CT molecular complexity index is 925. The summed E-state index contributed by atoms with van der Waals surface area (Å²) in [4.78, 5) is 18.6. The molecule has 28 heavy (non-hydrogen) atoms. The summed E-state index contributed by atoms with van der Waals surface area (Å²) in [7, 11) is 0. The van der Waals surface area contributed by atoms with Gasteiger partial charge in [-0.2, -0.15) is 0 Å². The van der Waals surface area contributed by atoms with E-state index in [2.05, 4.69) is 4.98 Å². The van der Waals surface area contributed by atoms with E-state index in [-0.39, 0.29) is 23.7 Å². The van der Waals surface area contributed by atoms with Gasteiger partial charge in [0.25, 0.3) is 0 Å². The maximum absolute atomic E-state index is 13.9. The Morgan fingerprint density at radius 2 is 1.93 bits per heavy atom. The summed E-state index contributed by atoms with van der Waals surface area (Å²) in [6.07, 6.45) is 2.82. The molecule has 0 fully saturated rings. The number of hydrogen-bond acceptors (Lipinski definition) is 3. The highest BCUT2D eigenvalue weighted by Gasteiger charge is 2.16. The van der Waals surface area contributed by atoms with Crippen LogP contribution in [-0.2, 0) is 17.8 Å². The van der Waals surface area contributed by atoms with E-state index >= 15 is 0 Å². The summed E-state index contributed by atoms with van der Waals surface area (Å²) in [5.74, 6) is -0.784. The third kappa shape index (κ3) is 5.03. The van der Waals surface area contributed by atoms with Crippen molar-refractivity contribution < 1.29 is 18.0 Å². The zero-order valence-corrected chi connectivity index (χ0v) is 15.7. The Morgan fingerprint density at radius 1 is 1.14 bits per heavy atom. The molecule has 146 valence electrons. The van der Waals surface area contributed by atoms with E-state index in [1.165, 1.54) is 12.3 Å². The monoisotopic (exact) mass is 384 g/mol. The lowest BCUT2D eigenvalue weighted by molar-refractivity contribution is -0.131. The second-order valence-electron chi connectivity index (χ2n) is 6.54. The molecule has 1 heterocycles. The van der Waals surface area contributed by atoms with Crippen LogP contribution >= 0.6 is 0 Å². The number of oxazole rings is 1. The average molecular weight is 384 g/mol. The summed E-state index contributed by atoms with van der Waals surface area (Å²) in [6.45, 7) is 3.26. The minimum absolute atomic E-state index is 0.0124. The minimum atomic E-state index is -0.712. The number of hydrogen-bond donors (Lipinski definition) is 0. The van der Waals surface area contributed by atoms with Crippen molar-refractivity contribution in [3.05, 3.63) is 77.8 Å². The molecule has 0 saturated heterocycles. The van der Waals surface area contributed by atoms with Crippen molar-refractivity contribution in [2.24, 2.45) is 0 Å². The molecule has 0 N–H and O–H groups in total. The van der Waals surface area contributed by atoms with Gasteiger partial charge in [-0.3, -0.25) is 4.79 Å². The molecule has 0 spiro atoms. The second kappa shape index (κ2) is 9.26. The van der Waals surface area contributed by atoms with Gasteiger partial charge in [-0.15, -0.1) is 0 Å². The highest BCUT2D eigenvalue weighted by molar-refractivity contribution is 5.76. The van der Waals surface area contributed by atoms with Crippen LogP contribution in [0.1, 0.15) is 31.2 Å². The first-order valence-electron chi connectivity index (χ1n) is 9.28. The lowest BCUT2D eigenvalue weighted by Gasteiger charge is -2.22. The smallest absolute Gasteiger partial charge is 0.223 e. The first-order chi connectivity index (χ1) is 13.6. The van der Waals surface area contributed by atoms with E-state index < -0.39 is 11.6 Å². The van der Waals surface area contributed by atoms with Gasteiger partial charge in [0.2, 0.25) is 5.91 Å². The van der Waals surface area contributed by atoms with Crippen LogP contribution in [0.2, 0.25) is 0 Å². The first kappa shape index (κ1) is 19.7. The molecular formula is C22H22F2N2O2. The highest BCUT2D eigenvalue weighted by atomic mass is 19.1. The summed E-state index contributed by atoms with van der Waals surface area (Å²) < 4.78 is 32.5. The molecule has 2 aromatic carbocycles. The molecule has 1 amide bonds. The van der Waals surface area contributed by atoms with Crippen molar-refractivity contribution in [3.63, 3.8) is 0 Å². The molecule has 0 aliphatic carbocycles. The van der Waals surface area contributed by atoms with Gasteiger partial charge in [0.1, 0.15) is 11.6 Å². The maximum Gasteiger partial charge on any atom is 0.223 e. The van der Waals surface area contributed by atoms with Crippen LogP contribution in [0.5, 0.6) is 0 Å². The molecular weight excluding hydrogens is 362 g/mol. The third-order valence-corrected chi connectivity index (χ3v) is 4.37. The molecule has 4 nitrogen and oxygen atoms in total. The fourth-order valence-electron chi connectivity index (χ4n) is 2.98. The Hall–Kier alpha value is -3.02. The predicted molar refractivity (Wildman–Crippen MR) is 102 cm³/mol. The number of rotatable bonds is 8. The number of aromatic nitrogens is 1. The molecule has 0 aliphatic heterocycles. The van der Waals surface area contributed by atoms with Crippen molar-refractivity contribution in [2.45, 2.75) is 32.7 Å². The number of halogens is 2. The number of nitrogens with zero attached hydrogens (tertiary/aromatic N) is 2. The Balaban J connectivity index is 1.62. The van der Waals surface area contributed by atoms with E-state index in [9.17, 15) is 13.6 Å². The van der Waals surface area contributed by atoms with Crippen LogP contribution in [0.25, 0.3) is 11.3 Å². The quantitative estimate of drug-likeness (QED) is 0.550. The predicted octanol–water partition coefficient (Wildman–Crippen LogP) is 4.99. The number of amides is 1. The Kier molecular flexibility index (Phi) is 6.53. The van der Waals surface area contributed by atoms with Gasteiger partial charge in [0.15, 0.2) is 11.7 Å². The van der Waals surface area contributed by atoms with Crippen molar-refractivity contribution in [3.8, 4) is 11.3 Å². The summed E-state index contributed by atoms with van der Waals surface area (Å²) >= 11 is 0. The molecule has 3 rings (SSSR count). The van der Waals surface area contributed by atoms with Gasteiger partial charge < -0.3 is 9.32 Å². The lowest BCUT2D eigenvalue weighted by Crippen LogP contribution is -2.31. The molecule has 0 saturated carbocycles. The molecule has 0 unspecified atom stereocenters. The standard InChI is InChI=1S/C22H22F2N2O2/c1-2-12-26(15-16-6-4-3-5-7-16)22(27)11-10-21-25-14-20(28-21)18-9-8-17(23)13-19(18)24/h3-9,13-14H,2,10-12,15H2,1H3. The Labute approximate surface area is 162 Å². The number of benzene rings is 2. The van der Waals surface area contributed by atoms with Gasteiger partial charge in [0.05, 0.1) is 11.8 Å². The Morgan fingerprint density at radius 3 is 2.64 bits per heavy atom. The summed E-state index contributed by atoms with van der Waals surface area (Å²) in [5, 5.41) is 0. The first-order valence-corrected chi connectivity index (χ1v) is 9.28. The molecule has 1 aromatic heterocycles. The van der Waals surface area contributed by atoms with E-state index in [0.717, 1.165) is 24.1 Å². The van der Waals surface area contributed by atoms with Crippen LogP contribution in [0.3, 0.4) is 0 Å². The number of carbonyl (C=O) groups excluding carboxylic acids is 1. The molecule has 0 bridgehead atoms. The molecule has 3 aromatic rings. The van der Waals surface area contributed by atoms with Crippen LogP contribution in [0.4, 0.5) is 8.78 Å². The van der Waals surface area contributed by atoms with Crippen molar-refractivity contribution in [2.75, 3.05) is 6.54 Å². The van der Waals surface area contributed by atoms with Gasteiger partial charge in [-0.1, -0.05) is 37.3 Å². The van der Waals surface area contributed by atoms with Crippen LogP contribution in [-0.4, -0.2) is 22.3 Å². The van der Waals surface area contributed by atoms with E-state index in [4.69, 9.17) is 4.42 Å². The summed E-state index contributed by atoms with van der Waals surface area (Å²) in [5.41, 5.74) is 1.22. The van der Waals surface area contributed by atoms with Crippen LogP contribution in [0, 0.1) is 11.6 Å². The average Bonchev–Trinajstić information content (AvgIpc) is 3.15. The number of carbonyl (C=O) groups is 1. The fourth-order valence-corrected chi connectivity index (χ4v) is 2.98. The molecule has 0 aliphatic rings. The fraction of sp³-hybridized carbons (Fsp3) is 0.273. The zero-order chi connectivity index (χ0) is 19.9. The van der Waals surface area contributed by atoms with E-state index in [1.807, 2.05) is 42.2 Å². The van der Waals surface area contributed by atoms with Crippen LogP contribution < -0.4 is 0 Å². The van der Waals surface area contributed by atoms with Crippen molar-refractivity contribution in [1.82, 2.24) is 9.88 Å². The van der Waals surface area contributed by atoms with Gasteiger partial charge in [-0.25, -0.2) is 13.8 Å². The van der Waals surface area contributed by atoms with Crippen molar-refractivity contribution in [1.29, 1.82) is 0 Å². The largest absolute Gasteiger partial charge is 0.441 e. The third-order valence-electron chi connectivity index (χ3n) is 4.37. The van der Waals surface area contributed by atoms with Gasteiger partial charge >= 0.3 is 0 Å². The van der Waals surface area contributed by atoms with Crippen LogP contribution in [0.15, 0.2) is 59.1 Å². The molecule has 0 atom stereocenters. The lowest BCUT2D eigenvalue weighted by atomic mass is 10.2. The number of aryl methyl sites for hydroxylation is 1. The topological polar surface area (TPSA) is 46.3 Å². The normalized spacial score (nSPS) is 10.8. The molecule has 0 radical (unpaired) electrons. The minimum Gasteiger partial charge on any atom is -0.441 e. The highest BCUT2D eigenvalue weighted by Crippen LogP contribution is 2.24. The SMILES string of the molecule is CCCN(Cc1ccccc1)C(=O)CCc1ncc(-c2ccc(F)cc2F)o1. The zero-order valence-electron chi connectivity index (χ0n) is 15.7. The van der Waals surface area contributed by atoms with Crippen molar-refractivity contribution >= 4 is 5.91 Å². The van der Waals surface area contributed by atoms with E-state index in [0.29, 0.717) is 25.4 Å².